The minimum absolute atomic E-state index is 0.0766. The number of fused-ring (bicyclic) bond motifs is 10. The summed E-state index contributed by atoms with van der Waals surface area (Å²) in [6.07, 6.45) is 39.6. The Kier molecular flexibility index (Phi) is 19.3. The lowest BCUT2D eigenvalue weighted by molar-refractivity contribution is -0.0573. The second kappa shape index (κ2) is 23.4. The molecule has 6 fully saturated rings. The second-order valence-corrected chi connectivity index (χ2v) is 26.8. The number of aromatic nitrogens is 1. The van der Waals surface area contributed by atoms with Crippen LogP contribution in [0.25, 0.3) is 0 Å². The molecule has 0 radical (unpaired) electrons. The summed E-state index contributed by atoms with van der Waals surface area (Å²) in [6, 6.07) is 5.72. The van der Waals surface area contributed by atoms with Crippen molar-refractivity contribution in [2.45, 2.75) is 224 Å². The largest absolute Gasteiger partial charge is 0.393 e. The number of aliphatic hydroxyl groups is 1. The van der Waals surface area contributed by atoms with E-state index in [0.717, 1.165) is 89.8 Å². The van der Waals surface area contributed by atoms with Crippen LogP contribution in [0, 0.1) is 98.6 Å². The molecule has 0 unspecified atom stereocenters. The predicted molar refractivity (Wildman–Crippen MR) is 282 cm³/mol. The van der Waals surface area contributed by atoms with Gasteiger partial charge < -0.3 is 5.11 Å². The predicted octanol–water partition coefficient (Wildman–Crippen LogP) is 18.6. The summed E-state index contributed by atoms with van der Waals surface area (Å²) >= 11 is 9.53. The molecule has 0 aromatic carbocycles. The lowest BCUT2D eigenvalue weighted by Crippen LogP contribution is -2.50. The third-order valence-corrected chi connectivity index (χ3v) is 21.4. The van der Waals surface area contributed by atoms with Gasteiger partial charge in [0.05, 0.1) is 11.4 Å². The number of alkyl halides is 2. The number of hydrogen-bond donors (Lipinski definition) is 1. The SMILES string of the molecule is CC(C)CCC[C@@H](C)[C@H]1CC[C@H]2[C@@H]3CC=C4C[C@@H](C)CC[C@]4(C)[C@H]3CC[C@]12C.CC(C)CCC[C@@H](C)[C@H]1CC[C@H]2[C@@H]3CC=C4C[C@@H](O)CC[C@]4(C)[C@H]3CC[C@]12C.ClCCl.c1ccncc1. The summed E-state index contributed by atoms with van der Waals surface area (Å²) in [4.78, 5) is 3.78. The first-order chi connectivity index (χ1) is 30.9. The molecular weight excluding hydrogens is 834 g/mol. The topological polar surface area (TPSA) is 33.1 Å². The fraction of sp³-hybridized carbons (Fsp3) is 0.852. The Balaban J connectivity index is 0.000000181. The standard InChI is InChI=1S/C28H48.C27H46O.C5H5N.CH2Cl2/c1-19(2)8-7-9-21(4)24-12-13-25-23-11-10-22-18-20(3)14-16-27(22,5)26(23)15-17-28(24,25)6;1-18(2)7-6-8-19(3)23-11-12-24-22-10-9-20-17-21(28)13-15-26(20,4)25(22)14-16-27(23,24)5;1-2-4-6-5-3-1;2-1-3/h10,19-21,23-26H,7-9,11-18H2,1-6H3;9,18-19,21-25,28H,6-8,10-17H2,1-5H3;1-5H;1H2/t20-,21+,23-,24+,25-,26-,27-,28+;19-,21+,22+,23-,24+,25+,26+,27-;;/m01../s1. The van der Waals surface area contributed by atoms with E-state index in [1.165, 1.54) is 128 Å². The number of nitrogens with zero attached hydrogens (tertiary/aromatic N) is 1. The zero-order valence-electron chi connectivity index (χ0n) is 44.0. The van der Waals surface area contributed by atoms with E-state index in [2.05, 4.69) is 93.3 Å². The van der Waals surface area contributed by atoms with Gasteiger partial charge in [-0.3, -0.25) is 4.98 Å². The van der Waals surface area contributed by atoms with E-state index in [9.17, 15) is 5.11 Å². The first kappa shape index (κ1) is 53.5. The molecule has 0 amide bonds. The van der Waals surface area contributed by atoms with Crippen LogP contribution in [0.15, 0.2) is 53.9 Å². The Morgan fingerprint density at radius 2 is 1.02 bits per heavy atom. The van der Waals surface area contributed by atoms with E-state index < -0.39 is 0 Å². The van der Waals surface area contributed by atoms with Crippen LogP contribution in [-0.4, -0.2) is 21.5 Å². The van der Waals surface area contributed by atoms with Gasteiger partial charge in [-0.1, -0.05) is 144 Å². The van der Waals surface area contributed by atoms with Crippen LogP contribution in [0.1, 0.15) is 217 Å². The number of halogens is 2. The van der Waals surface area contributed by atoms with Crippen LogP contribution in [0.2, 0.25) is 0 Å². The van der Waals surface area contributed by atoms with E-state index in [0.29, 0.717) is 21.7 Å². The molecule has 1 aromatic rings. The van der Waals surface area contributed by atoms with E-state index >= 15 is 0 Å². The van der Waals surface area contributed by atoms with Gasteiger partial charge in [-0.05, 0) is 213 Å². The number of allylic oxidation sites excluding steroid dienone is 3. The molecule has 8 aliphatic carbocycles. The monoisotopic (exact) mass is 934 g/mol. The maximum absolute atomic E-state index is 10.2. The first-order valence-corrected chi connectivity index (χ1v) is 29.0. The lowest BCUT2D eigenvalue weighted by Gasteiger charge is -2.58. The second-order valence-electron chi connectivity index (χ2n) is 25.9. The van der Waals surface area contributed by atoms with Crippen molar-refractivity contribution in [1.82, 2.24) is 4.98 Å². The Hall–Kier alpha value is -0.830. The molecule has 0 saturated heterocycles. The van der Waals surface area contributed by atoms with E-state index in [4.69, 9.17) is 23.2 Å². The number of pyridine rings is 1. The van der Waals surface area contributed by atoms with Gasteiger partial charge in [-0.15, -0.1) is 23.2 Å². The summed E-state index contributed by atoms with van der Waals surface area (Å²) in [6.45, 7) is 27.8. The smallest absolute Gasteiger partial charge is 0.0967 e. The Labute approximate surface area is 412 Å². The molecule has 2 nitrogen and oxygen atoms in total. The highest BCUT2D eigenvalue weighted by Crippen LogP contribution is 2.69. The van der Waals surface area contributed by atoms with Gasteiger partial charge in [0.2, 0.25) is 0 Å². The quantitative estimate of drug-likeness (QED) is 0.187. The fourth-order valence-electron chi connectivity index (χ4n) is 17.8. The Morgan fingerprint density at radius 3 is 1.43 bits per heavy atom. The Bertz CT molecular complexity index is 1520. The summed E-state index contributed by atoms with van der Waals surface area (Å²) < 4.78 is 0. The Morgan fingerprint density at radius 1 is 0.569 bits per heavy atom. The van der Waals surface area contributed by atoms with Crippen LogP contribution in [0.4, 0.5) is 0 Å². The fourth-order valence-corrected chi connectivity index (χ4v) is 17.8. The molecule has 0 spiro atoms. The van der Waals surface area contributed by atoms with Gasteiger partial charge in [0.15, 0.2) is 0 Å². The molecule has 1 heterocycles. The minimum Gasteiger partial charge on any atom is -0.393 e. The average Bonchev–Trinajstić information content (AvgIpc) is 3.82. The van der Waals surface area contributed by atoms with Gasteiger partial charge in [-0.2, -0.15) is 0 Å². The molecule has 9 rings (SSSR count). The van der Waals surface area contributed by atoms with E-state index in [1.54, 1.807) is 18.0 Å². The summed E-state index contributed by atoms with van der Waals surface area (Å²) in [5.41, 5.74) is 5.67. The number of hydrogen-bond acceptors (Lipinski definition) is 2. The maximum atomic E-state index is 10.2. The molecule has 4 heteroatoms. The minimum atomic E-state index is -0.0766. The van der Waals surface area contributed by atoms with Gasteiger partial charge in [0.25, 0.3) is 0 Å². The zero-order chi connectivity index (χ0) is 47.2. The van der Waals surface area contributed by atoms with Crippen molar-refractivity contribution in [2.24, 2.45) is 98.6 Å². The molecular formula is C61H101Cl2NO. The lowest BCUT2D eigenvalue weighted by atomic mass is 9.46. The summed E-state index contributed by atoms with van der Waals surface area (Å²) in [5, 5.41) is 10.4. The van der Waals surface area contributed by atoms with Crippen molar-refractivity contribution in [3.8, 4) is 0 Å². The van der Waals surface area contributed by atoms with Crippen molar-refractivity contribution >= 4 is 23.2 Å². The summed E-state index contributed by atoms with van der Waals surface area (Å²) in [7, 11) is 0. The molecule has 0 aliphatic heterocycles. The third kappa shape index (κ3) is 11.9. The van der Waals surface area contributed by atoms with Crippen molar-refractivity contribution < 1.29 is 5.11 Å². The highest BCUT2D eigenvalue weighted by molar-refractivity contribution is 6.40. The molecule has 370 valence electrons. The highest BCUT2D eigenvalue weighted by atomic mass is 35.5. The third-order valence-electron chi connectivity index (χ3n) is 21.4. The molecule has 6 saturated carbocycles. The molecule has 1 N–H and O–H groups in total. The first-order valence-electron chi connectivity index (χ1n) is 28.0. The van der Waals surface area contributed by atoms with Crippen molar-refractivity contribution in [3.63, 3.8) is 0 Å². The van der Waals surface area contributed by atoms with E-state index in [-0.39, 0.29) is 11.4 Å². The van der Waals surface area contributed by atoms with Gasteiger partial charge in [0, 0.05) is 12.4 Å². The average molecular weight is 935 g/mol. The molecule has 0 bridgehead atoms. The maximum Gasteiger partial charge on any atom is 0.0967 e. The van der Waals surface area contributed by atoms with Crippen LogP contribution >= 0.6 is 23.2 Å². The van der Waals surface area contributed by atoms with Crippen molar-refractivity contribution in [3.05, 3.63) is 53.9 Å². The van der Waals surface area contributed by atoms with Gasteiger partial charge >= 0.3 is 0 Å². The number of rotatable bonds is 10. The van der Waals surface area contributed by atoms with Crippen LogP contribution < -0.4 is 0 Å². The van der Waals surface area contributed by atoms with Crippen molar-refractivity contribution in [1.29, 1.82) is 0 Å². The molecule has 16 atom stereocenters. The molecule has 65 heavy (non-hydrogen) atoms. The zero-order valence-corrected chi connectivity index (χ0v) is 45.6. The van der Waals surface area contributed by atoms with Crippen LogP contribution in [-0.2, 0) is 0 Å². The molecule has 1 aromatic heterocycles. The highest BCUT2D eigenvalue weighted by Gasteiger charge is 2.60. The number of aliphatic hydroxyl groups excluding tert-OH is 1. The van der Waals surface area contributed by atoms with Gasteiger partial charge in [-0.25, -0.2) is 0 Å². The van der Waals surface area contributed by atoms with Gasteiger partial charge in [0.1, 0.15) is 0 Å². The van der Waals surface area contributed by atoms with Crippen LogP contribution in [0.5, 0.6) is 0 Å². The summed E-state index contributed by atoms with van der Waals surface area (Å²) in [5.74, 6) is 12.2. The molecule has 8 aliphatic rings. The van der Waals surface area contributed by atoms with Crippen molar-refractivity contribution in [2.75, 3.05) is 5.34 Å². The van der Waals surface area contributed by atoms with E-state index in [1.807, 2.05) is 23.8 Å². The normalized spacial score (nSPS) is 41.1. The van der Waals surface area contributed by atoms with Crippen LogP contribution in [0.3, 0.4) is 0 Å².